The lowest BCUT2D eigenvalue weighted by Gasteiger charge is -2.05. The van der Waals surface area contributed by atoms with Crippen LogP contribution in [0.4, 0.5) is 5.82 Å². The summed E-state index contributed by atoms with van der Waals surface area (Å²) in [5, 5.41) is 11.5. The molecule has 0 aliphatic heterocycles. The lowest BCUT2D eigenvalue weighted by molar-refractivity contribution is 0.0696. The number of carbonyl (C=O) groups is 2. The van der Waals surface area contributed by atoms with E-state index in [9.17, 15) is 9.59 Å². The van der Waals surface area contributed by atoms with Crippen molar-refractivity contribution in [3.8, 4) is 0 Å². The van der Waals surface area contributed by atoms with Crippen LogP contribution in [0, 0.1) is 0 Å². The number of nitrogens with zero attached hydrogens (tertiary/aromatic N) is 2. The van der Waals surface area contributed by atoms with Gasteiger partial charge in [0.2, 0.25) is 0 Å². The fourth-order valence-electron chi connectivity index (χ4n) is 1.42. The molecule has 0 fully saturated rings. The number of aromatic carboxylic acids is 1. The van der Waals surface area contributed by atoms with E-state index in [-0.39, 0.29) is 27.3 Å². The van der Waals surface area contributed by atoms with Crippen LogP contribution in [0.5, 0.6) is 0 Å². The first-order valence-corrected chi connectivity index (χ1v) is 6.05. The first kappa shape index (κ1) is 14.2. The molecule has 0 atom stereocenters. The second kappa shape index (κ2) is 5.85. The number of aromatic nitrogens is 2. The number of hydrogen-bond acceptors (Lipinski definition) is 4. The maximum absolute atomic E-state index is 12.0. The molecule has 2 rings (SSSR count). The molecule has 0 aromatic carbocycles. The summed E-state index contributed by atoms with van der Waals surface area (Å²) >= 11 is 11.4. The summed E-state index contributed by atoms with van der Waals surface area (Å²) in [6.45, 7) is 0. The van der Waals surface area contributed by atoms with Crippen molar-refractivity contribution in [1.29, 1.82) is 0 Å². The summed E-state index contributed by atoms with van der Waals surface area (Å²) in [4.78, 5) is 30.3. The fourth-order valence-corrected chi connectivity index (χ4v) is 1.88. The summed E-state index contributed by atoms with van der Waals surface area (Å²) in [7, 11) is 0. The van der Waals surface area contributed by atoms with Crippen LogP contribution < -0.4 is 5.32 Å². The van der Waals surface area contributed by atoms with Crippen molar-refractivity contribution in [3.63, 3.8) is 0 Å². The van der Waals surface area contributed by atoms with E-state index in [1.165, 1.54) is 30.5 Å². The van der Waals surface area contributed by atoms with Crippen molar-refractivity contribution < 1.29 is 14.7 Å². The number of hydrogen-bond donors (Lipinski definition) is 2. The zero-order valence-electron chi connectivity index (χ0n) is 9.80. The molecule has 0 spiro atoms. The average Bonchev–Trinajstić information content (AvgIpc) is 2.37. The number of carboxylic acids is 1. The summed E-state index contributed by atoms with van der Waals surface area (Å²) in [5.74, 6) is -1.52. The Hall–Kier alpha value is -2.18. The van der Waals surface area contributed by atoms with Gasteiger partial charge in [-0.15, -0.1) is 0 Å². The lowest BCUT2D eigenvalue weighted by atomic mass is 10.2. The van der Waals surface area contributed by atoms with Gasteiger partial charge >= 0.3 is 5.97 Å². The summed E-state index contributed by atoms with van der Waals surface area (Å²) in [5.41, 5.74) is 0.207. The molecule has 6 nitrogen and oxygen atoms in total. The van der Waals surface area contributed by atoms with Crippen molar-refractivity contribution >= 4 is 40.9 Å². The predicted octanol–water partition coefficient (Wildman–Crippen LogP) is 2.73. The minimum absolute atomic E-state index is 0.0149. The Morgan fingerprint density at radius 1 is 1.10 bits per heavy atom. The predicted molar refractivity (Wildman–Crippen MR) is 73.4 cm³/mol. The molecule has 1 amide bonds. The Bertz CT molecular complexity index is 671. The van der Waals surface area contributed by atoms with Crippen LogP contribution in [0.3, 0.4) is 0 Å². The van der Waals surface area contributed by atoms with E-state index >= 15 is 0 Å². The standard InChI is InChI=1S/C12H7Cl2N3O3/c13-8-3-7(4-9(14)16-8)11(18)17-10-5-6(12(19)20)1-2-15-10/h1-5H,(H,19,20)(H,15,17,18). The Labute approximate surface area is 123 Å². The highest BCUT2D eigenvalue weighted by molar-refractivity contribution is 6.33. The average molecular weight is 312 g/mol. The number of anilines is 1. The van der Waals surface area contributed by atoms with Crippen LogP contribution in [-0.4, -0.2) is 27.0 Å². The Balaban J connectivity index is 2.23. The van der Waals surface area contributed by atoms with Crippen molar-refractivity contribution in [2.75, 3.05) is 5.32 Å². The van der Waals surface area contributed by atoms with Crippen molar-refractivity contribution in [3.05, 3.63) is 51.9 Å². The second-order valence-corrected chi connectivity index (χ2v) is 4.46. The molecule has 2 N–H and O–H groups in total. The van der Waals surface area contributed by atoms with E-state index in [4.69, 9.17) is 28.3 Å². The molecule has 0 bridgehead atoms. The highest BCUT2D eigenvalue weighted by Gasteiger charge is 2.11. The smallest absolute Gasteiger partial charge is 0.335 e. The van der Waals surface area contributed by atoms with Gasteiger partial charge in [0.05, 0.1) is 5.56 Å². The van der Waals surface area contributed by atoms with Gasteiger partial charge in [0.1, 0.15) is 16.1 Å². The highest BCUT2D eigenvalue weighted by atomic mass is 35.5. The molecular formula is C12H7Cl2N3O3. The number of rotatable bonds is 3. The van der Waals surface area contributed by atoms with Gasteiger partial charge in [-0.1, -0.05) is 23.2 Å². The number of amides is 1. The molecule has 0 radical (unpaired) electrons. The first-order valence-electron chi connectivity index (χ1n) is 5.29. The van der Waals surface area contributed by atoms with Gasteiger partial charge in [-0.2, -0.15) is 0 Å². The third-order valence-electron chi connectivity index (χ3n) is 2.27. The van der Waals surface area contributed by atoms with Gasteiger partial charge < -0.3 is 10.4 Å². The Morgan fingerprint density at radius 2 is 1.75 bits per heavy atom. The molecule has 2 aromatic heterocycles. The maximum Gasteiger partial charge on any atom is 0.335 e. The molecule has 0 aliphatic carbocycles. The highest BCUT2D eigenvalue weighted by Crippen LogP contribution is 2.16. The van der Waals surface area contributed by atoms with E-state index in [0.29, 0.717) is 0 Å². The van der Waals surface area contributed by atoms with Gasteiger partial charge in [-0.05, 0) is 24.3 Å². The minimum Gasteiger partial charge on any atom is -0.478 e. The van der Waals surface area contributed by atoms with Crippen LogP contribution in [0.15, 0.2) is 30.5 Å². The molecule has 2 aromatic rings. The number of pyridine rings is 2. The van der Waals surface area contributed by atoms with Gasteiger partial charge in [0, 0.05) is 11.8 Å². The van der Waals surface area contributed by atoms with Crippen molar-refractivity contribution in [1.82, 2.24) is 9.97 Å². The summed E-state index contributed by atoms with van der Waals surface area (Å²) < 4.78 is 0. The van der Waals surface area contributed by atoms with Crippen LogP contribution in [0.25, 0.3) is 0 Å². The zero-order chi connectivity index (χ0) is 14.7. The number of carboxylic acid groups (broad SMARTS) is 1. The Kier molecular flexibility index (Phi) is 4.16. The SMILES string of the molecule is O=C(O)c1ccnc(NC(=O)c2cc(Cl)nc(Cl)c2)c1. The summed E-state index contributed by atoms with van der Waals surface area (Å²) in [6.07, 6.45) is 1.28. The van der Waals surface area contributed by atoms with E-state index in [1.54, 1.807) is 0 Å². The minimum atomic E-state index is -1.11. The molecular weight excluding hydrogens is 305 g/mol. The molecule has 8 heteroatoms. The molecule has 0 saturated carbocycles. The maximum atomic E-state index is 12.0. The number of halogens is 2. The lowest BCUT2D eigenvalue weighted by Crippen LogP contribution is -2.13. The van der Waals surface area contributed by atoms with E-state index < -0.39 is 11.9 Å². The molecule has 2 heterocycles. The molecule has 102 valence electrons. The van der Waals surface area contributed by atoms with Crippen molar-refractivity contribution in [2.24, 2.45) is 0 Å². The third kappa shape index (κ3) is 3.43. The first-order chi connectivity index (χ1) is 9.45. The van der Waals surface area contributed by atoms with Crippen LogP contribution in [0.1, 0.15) is 20.7 Å². The van der Waals surface area contributed by atoms with E-state index in [1.807, 2.05) is 0 Å². The molecule has 0 unspecified atom stereocenters. The zero-order valence-corrected chi connectivity index (χ0v) is 11.3. The summed E-state index contributed by atoms with van der Waals surface area (Å²) in [6, 6.07) is 5.23. The van der Waals surface area contributed by atoms with Crippen LogP contribution in [-0.2, 0) is 0 Å². The van der Waals surface area contributed by atoms with E-state index in [2.05, 4.69) is 15.3 Å². The van der Waals surface area contributed by atoms with E-state index in [0.717, 1.165) is 0 Å². The largest absolute Gasteiger partial charge is 0.478 e. The topological polar surface area (TPSA) is 92.2 Å². The molecule has 0 saturated heterocycles. The quantitative estimate of drug-likeness (QED) is 0.850. The second-order valence-electron chi connectivity index (χ2n) is 3.69. The fraction of sp³-hybridized carbons (Fsp3) is 0. The third-order valence-corrected chi connectivity index (χ3v) is 2.66. The number of carbonyl (C=O) groups excluding carboxylic acids is 1. The molecule has 0 aliphatic rings. The number of nitrogens with one attached hydrogen (secondary N) is 1. The monoisotopic (exact) mass is 311 g/mol. The van der Waals surface area contributed by atoms with Crippen LogP contribution in [0.2, 0.25) is 10.3 Å². The van der Waals surface area contributed by atoms with Gasteiger partial charge in [-0.3, -0.25) is 4.79 Å². The van der Waals surface area contributed by atoms with Gasteiger partial charge in [0.25, 0.3) is 5.91 Å². The van der Waals surface area contributed by atoms with Gasteiger partial charge in [-0.25, -0.2) is 14.8 Å². The van der Waals surface area contributed by atoms with Crippen LogP contribution >= 0.6 is 23.2 Å². The van der Waals surface area contributed by atoms with Crippen molar-refractivity contribution in [2.45, 2.75) is 0 Å². The molecule has 20 heavy (non-hydrogen) atoms. The Morgan fingerprint density at radius 3 is 2.35 bits per heavy atom. The van der Waals surface area contributed by atoms with Gasteiger partial charge in [0.15, 0.2) is 0 Å². The normalized spacial score (nSPS) is 10.1.